The third-order valence-corrected chi connectivity index (χ3v) is 5.96. The molecule has 0 unspecified atom stereocenters. The normalized spacial score (nSPS) is 20.5. The summed E-state index contributed by atoms with van der Waals surface area (Å²) in [7, 11) is -3.68. The predicted octanol–water partition coefficient (Wildman–Crippen LogP) is 0.0931. The minimum atomic E-state index is -3.68. The molecule has 7 heteroatoms. The number of rotatable bonds is 4. The number of likely N-dealkylation sites (tertiary alicyclic amines) is 1. The molecule has 1 N–H and O–H groups in total. The zero-order valence-corrected chi connectivity index (χ0v) is 15.0. The van der Waals surface area contributed by atoms with Crippen molar-refractivity contribution in [3.8, 4) is 0 Å². The molecule has 3 rings (SSSR count). The monoisotopic (exact) mass is 352 g/mol. The Labute approximate surface area is 144 Å². The number of nitrogens with one attached hydrogen (secondary N) is 1. The van der Waals surface area contributed by atoms with Crippen LogP contribution in [0.3, 0.4) is 0 Å². The Bertz CT molecular complexity index is 674. The molecule has 6 nitrogen and oxygen atoms in total. The van der Waals surface area contributed by atoms with Gasteiger partial charge in [0, 0.05) is 25.9 Å². The number of benzene rings is 1. The molecule has 1 aromatic carbocycles. The van der Waals surface area contributed by atoms with E-state index in [0.29, 0.717) is 38.7 Å². The second-order valence-electron chi connectivity index (χ2n) is 6.53. The minimum absolute atomic E-state index is 0.260. The topological polar surface area (TPSA) is 63.4 Å². The first-order chi connectivity index (χ1) is 11.5. The summed E-state index contributed by atoms with van der Waals surface area (Å²) in [5.74, 6) is 0.677. The highest BCUT2D eigenvalue weighted by atomic mass is 32.2. The fourth-order valence-electron chi connectivity index (χ4n) is 3.20. The van der Waals surface area contributed by atoms with E-state index in [9.17, 15) is 8.42 Å². The van der Waals surface area contributed by atoms with Crippen molar-refractivity contribution in [3.63, 3.8) is 0 Å². The van der Waals surface area contributed by atoms with Gasteiger partial charge in [0.15, 0.2) is 5.84 Å². The van der Waals surface area contributed by atoms with Crippen molar-refractivity contribution in [2.24, 2.45) is 4.40 Å². The molecule has 0 aliphatic carbocycles. The number of nitrogens with zero attached hydrogens (tertiary/aromatic N) is 2. The highest BCUT2D eigenvalue weighted by molar-refractivity contribution is 7.90. The number of hydrogen-bond acceptors (Lipinski definition) is 3. The summed E-state index contributed by atoms with van der Waals surface area (Å²) < 4.78 is 35.1. The molecule has 24 heavy (non-hydrogen) atoms. The molecule has 0 atom stereocenters. The number of morpholine rings is 1. The van der Waals surface area contributed by atoms with Gasteiger partial charge in [-0.1, -0.05) is 17.7 Å². The summed E-state index contributed by atoms with van der Waals surface area (Å²) in [6.07, 6.45) is 2.41. The van der Waals surface area contributed by atoms with E-state index in [1.165, 1.54) is 17.7 Å². The van der Waals surface area contributed by atoms with Gasteiger partial charge in [0.1, 0.15) is 6.54 Å². The van der Waals surface area contributed by atoms with Gasteiger partial charge in [-0.15, -0.1) is 4.40 Å². The van der Waals surface area contributed by atoms with E-state index in [-0.39, 0.29) is 4.90 Å². The van der Waals surface area contributed by atoms with E-state index in [4.69, 9.17) is 4.74 Å². The average Bonchev–Trinajstić information content (AvgIpc) is 3.08. The van der Waals surface area contributed by atoms with Crippen LogP contribution in [0.4, 0.5) is 0 Å². The van der Waals surface area contributed by atoms with E-state index in [2.05, 4.69) is 9.30 Å². The van der Waals surface area contributed by atoms with Gasteiger partial charge < -0.3 is 14.5 Å². The van der Waals surface area contributed by atoms with Crippen molar-refractivity contribution in [1.29, 1.82) is 0 Å². The predicted molar refractivity (Wildman–Crippen MR) is 93.0 cm³/mol. The summed E-state index contributed by atoms with van der Waals surface area (Å²) in [6.45, 7) is 7.45. The molecule has 2 saturated heterocycles. The number of sulfonamides is 1. The zero-order chi connectivity index (χ0) is 17.0. The van der Waals surface area contributed by atoms with E-state index in [0.717, 1.165) is 18.7 Å². The Balaban J connectivity index is 1.86. The summed E-state index contributed by atoms with van der Waals surface area (Å²) in [6, 6.07) is 6.88. The van der Waals surface area contributed by atoms with E-state index < -0.39 is 10.0 Å². The van der Waals surface area contributed by atoms with Gasteiger partial charge >= 0.3 is 0 Å². The fourth-order valence-corrected chi connectivity index (χ4v) is 4.24. The molecule has 0 aromatic heterocycles. The molecular weight excluding hydrogens is 326 g/mol. The lowest BCUT2D eigenvalue weighted by molar-refractivity contribution is -0.878. The van der Waals surface area contributed by atoms with Crippen LogP contribution in [0, 0.1) is 6.92 Å². The van der Waals surface area contributed by atoms with Gasteiger partial charge in [-0.25, -0.2) is 0 Å². The van der Waals surface area contributed by atoms with Crippen LogP contribution in [0.5, 0.6) is 0 Å². The maximum atomic E-state index is 12.7. The van der Waals surface area contributed by atoms with Crippen LogP contribution in [0.25, 0.3) is 0 Å². The second-order valence-corrected chi connectivity index (χ2v) is 8.13. The maximum Gasteiger partial charge on any atom is 0.284 e. The van der Waals surface area contributed by atoms with E-state index in [1.54, 1.807) is 12.1 Å². The first-order valence-electron chi connectivity index (χ1n) is 8.61. The molecule has 2 aliphatic heterocycles. The molecule has 0 radical (unpaired) electrons. The summed E-state index contributed by atoms with van der Waals surface area (Å²) in [4.78, 5) is 3.75. The molecule has 0 bridgehead atoms. The Kier molecular flexibility index (Phi) is 5.53. The first kappa shape index (κ1) is 17.4. The SMILES string of the molecule is Cc1ccc(S(=O)(=O)N=C(C[NH+]2CCCC2)N2CCOCC2)cc1. The average molecular weight is 352 g/mol. The molecule has 2 heterocycles. The van der Waals surface area contributed by atoms with Gasteiger partial charge in [-0.3, -0.25) is 0 Å². The lowest BCUT2D eigenvalue weighted by Crippen LogP contribution is -3.11. The van der Waals surface area contributed by atoms with Gasteiger partial charge in [0.05, 0.1) is 31.2 Å². The molecule has 1 aromatic rings. The van der Waals surface area contributed by atoms with Crippen LogP contribution in [-0.2, 0) is 14.8 Å². The minimum Gasteiger partial charge on any atom is -0.378 e. The molecule has 0 spiro atoms. The van der Waals surface area contributed by atoms with Crippen LogP contribution >= 0.6 is 0 Å². The van der Waals surface area contributed by atoms with Crippen molar-refractivity contribution in [1.82, 2.24) is 4.90 Å². The molecular formula is C17H26N3O3S+. The molecule has 2 aliphatic rings. The van der Waals surface area contributed by atoms with Gasteiger partial charge in [0.25, 0.3) is 10.0 Å². The number of hydrogen-bond donors (Lipinski definition) is 1. The van der Waals surface area contributed by atoms with Crippen molar-refractivity contribution in [2.75, 3.05) is 45.9 Å². The largest absolute Gasteiger partial charge is 0.378 e. The zero-order valence-electron chi connectivity index (χ0n) is 14.2. The summed E-state index contributed by atoms with van der Waals surface area (Å²) in [5.41, 5.74) is 1.04. The van der Waals surface area contributed by atoms with Crippen molar-refractivity contribution >= 4 is 15.9 Å². The van der Waals surface area contributed by atoms with Crippen LogP contribution in [0.1, 0.15) is 18.4 Å². The Morgan fingerprint density at radius 2 is 1.79 bits per heavy atom. The Morgan fingerprint density at radius 1 is 1.17 bits per heavy atom. The lowest BCUT2D eigenvalue weighted by Gasteiger charge is -2.30. The highest BCUT2D eigenvalue weighted by Crippen LogP contribution is 2.14. The fraction of sp³-hybridized carbons (Fsp3) is 0.588. The molecule has 0 amide bonds. The molecule has 2 fully saturated rings. The van der Waals surface area contributed by atoms with Crippen molar-refractivity contribution in [2.45, 2.75) is 24.7 Å². The quantitative estimate of drug-likeness (QED) is 0.616. The van der Waals surface area contributed by atoms with Gasteiger partial charge in [-0.05, 0) is 19.1 Å². The van der Waals surface area contributed by atoms with Crippen molar-refractivity contribution < 1.29 is 18.1 Å². The molecule has 0 saturated carbocycles. The van der Waals surface area contributed by atoms with Gasteiger partial charge in [0.2, 0.25) is 0 Å². The Hall–Kier alpha value is -1.44. The number of quaternary nitrogens is 1. The lowest BCUT2D eigenvalue weighted by atomic mass is 10.2. The third-order valence-electron chi connectivity index (χ3n) is 4.64. The Morgan fingerprint density at radius 3 is 2.42 bits per heavy atom. The van der Waals surface area contributed by atoms with Crippen LogP contribution < -0.4 is 4.90 Å². The van der Waals surface area contributed by atoms with Crippen LogP contribution in [-0.4, -0.2) is 65.1 Å². The smallest absolute Gasteiger partial charge is 0.284 e. The standard InChI is InChI=1S/C17H25N3O3S/c1-15-4-6-16(7-5-15)24(21,22)18-17(14-19-8-2-3-9-19)20-10-12-23-13-11-20/h4-7H,2-3,8-14H2,1H3/p+1. The third kappa shape index (κ3) is 4.34. The highest BCUT2D eigenvalue weighted by Gasteiger charge is 2.25. The first-order valence-corrected chi connectivity index (χ1v) is 10.1. The van der Waals surface area contributed by atoms with E-state index >= 15 is 0 Å². The van der Waals surface area contributed by atoms with Crippen LogP contribution in [0.15, 0.2) is 33.6 Å². The van der Waals surface area contributed by atoms with Gasteiger partial charge in [-0.2, -0.15) is 8.42 Å². The maximum absolute atomic E-state index is 12.7. The van der Waals surface area contributed by atoms with Crippen LogP contribution in [0.2, 0.25) is 0 Å². The summed E-state index contributed by atoms with van der Waals surface area (Å²) in [5, 5.41) is 0. The number of amidine groups is 1. The van der Waals surface area contributed by atoms with E-state index in [1.807, 2.05) is 19.1 Å². The molecule has 132 valence electrons. The number of aryl methyl sites for hydroxylation is 1. The number of ether oxygens (including phenoxy) is 1. The summed E-state index contributed by atoms with van der Waals surface area (Å²) >= 11 is 0. The van der Waals surface area contributed by atoms with Crippen molar-refractivity contribution in [3.05, 3.63) is 29.8 Å². The second kappa shape index (κ2) is 7.63.